The maximum atomic E-state index is 11.8. The zero-order chi connectivity index (χ0) is 8.58. The Labute approximate surface area is 63.5 Å². The van der Waals surface area contributed by atoms with Crippen molar-refractivity contribution >= 4 is 29.2 Å². The molecule has 0 unspecified atom stereocenters. The molecule has 0 aromatic heterocycles. The predicted octanol–water partition coefficient (Wildman–Crippen LogP) is 1.81. The van der Waals surface area contributed by atoms with Gasteiger partial charge in [-0.25, -0.2) is 9.18 Å². The molecular formula is C3HCl2F3O2. The molecule has 0 fully saturated rings. The third kappa shape index (κ3) is 1.67. The zero-order valence-electron chi connectivity index (χ0n) is 4.25. The van der Waals surface area contributed by atoms with Crippen LogP contribution < -0.4 is 0 Å². The number of carbonyl (C=O) groups is 1. The van der Waals surface area contributed by atoms with Gasteiger partial charge in [0.1, 0.15) is 0 Å². The van der Waals surface area contributed by atoms with Crippen LogP contribution in [-0.4, -0.2) is 21.6 Å². The first-order chi connectivity index (χ1) is 4.19. The van der Waals surface area contributed by atoms with Crippen molar-refractivity contribution in [1.29, 1.82) is 0 Å². The average molecular weight is 197 g/mol. The molecular weight excluding hydrogens is 196 g/mol. The summed E-state index contributed by atoms with van der Waals surface area (Å²) in [6, 6.07) is 0. The first kappa shape index (κ1) is 9.84. The van der Waals surface area contributed by atoms with E-state index in [4.69, 9.17) is 5.11 Å². The number of aliphatic carboxylic acids is 1. The van der Waals surface area contributed by atoms with Crippen LogP contribution in [0.4, 0.5) is 13.2 Å². The Morgan fingerprint density at radius 3 is 1.60 bits per heavy atom. The zero-order valence-corrected chi connectivity index (χ0v) is 5.76. The highest BCUT2D eigenvalue weighted by molar-refractivity contribution is 6.49. The summed E-state index contributed by atoms with van der Waals surface area (Å²) in [5.41, 5.74) is 0. The molecule has 0 aliphatic carbocycles. The lowest BCUT2D eigenvalue weighted by Crippen LogP contribution is -2.42. The Morgan fingerprint density at radius 1 is 1.30 bits per heavy atom. The first-order valence-electron chi connectivity index (χ1n) is 1.87. The van der Waals surface area contributed by atoms with Gasteiger partial charge in [0.05, 0.1) is 0 Å². The van der Waals surface area contributed by atoms with Gasteiger partial charge in [0.25, 0.3) is 0 Å². The molecule has 0 rings (SSSR count). The molecule has 0 aromatic carbocycles. The summed E-state index contributed by atoms with van der Waals surface area (Å²) in [5, 5.41) is 7.62. The molecule has 0 aliphatic heterocycles. The van der Waals surface area contributed by atoms with Gasteiger partial charge in [0.15, 0.2) is 0 Å². The second kappa shape index (κ2) is 2.47. The van der Waals surface area contributed by atoms with Crippen molar-refractivity contribution in [2.24, 2.45) is 0 Å². The minimum atomic E-state index is -4.78. The van der Waals surface area contributed by atoms with E-state index in [2.05, 4.69) is 23.2 Å². The molecule has 2 nitrogen and oxygen atoms in total. The molecule has 0 atom stereocenters. The van der Waals surface area contributed by atoms with Crippen molar-refractivity contribution in [2.45, 2.75) is 10.5 Å². The first-order valence-corrected chi connectivity index (χ1v) is 2.63. The highest BCUT2D eigenvalue weighted by Crippen LogP contribution is 2.39. The molecule has 7 heteroatoms. The summed E-state index contributed by atoms with van der Waals surface area (Å²) in [6.45, 7) is 0. The van der Waals surface area contributed by atoms with Gasteiger partial charge in [-0.1, -0.05) is 23.2 Å². The van der Waals surface area contributed by atoms with Crippen LogP contribution in [0.5, 0.6) is 0 Å². The minimum absolute atomic E-state index is 2.71. The molecule has 0 amide bonds. The fraction of sp³-hybridized carbons (Fsp3) is 0.667. The predicted molar refractivity (Wildman–Crippen MR) is 28.1 cm³/mol. The van der Waals surface area contributed by atoms with Crippen molar-refractivity contribution in [3.8, 4) is 0 Å². The highest BCUT2D eigenvalue weighted by Gasteiger charge is 2.59. The minimum Gasteiger partial charge on any atom is -0.477 e. The smallest absolute Gasteiger partial charge is 0.403 e. The van der Waals surface area contributed by atoms with E-state index in [9.17, 15) is 18.0 Å². The molecule has 0 saturated heterocycles. The van der Waals surface area contributed by atoms with Crippen LogP contribution in [0, 0.1) is 0 Å². The van der Waals surface area contributed by atoms with Crippen LogP contribution in [0.3, 0.4) is 0 Å². The third-order valence-corrected chi connectivity index (χ3v) is 1.10. The molecule has 0 spiro atoms. The van der Waals surface area contributed by atoms with Crippen molar-refractivity contribution in [3.05, 3.63) is 0 Å². The molecule has 0 radical (unpaired) electrons. The standard InChI is InChI=1S/C3HCl2F3O2/c4-3(5,8)2(6,7)1(9)10/h(H,9,10). The summed E-state index contributed by atoms with van der Waals surface area (Å²) in [5.74, 6) is -7.49. The Hall–Kier alpha value is -0.160. The number of carboxylic acid groups (broad SMARTS) is 1. The molecule has 0 aliphatic rings. The quantitative estimate of drug-likeness (QED) is 0.685. The SMILES string of the molecule is O=C(O)C(F)(F)C(F)(Cl)Cl. The fourth-order valence-electron chi connectivity index (χ4n) is 0.121. The van der Waals surface area contributed by atoms with Gasteiger partial charge in [-0.2, -0.15) is 8.78 Å². The van der Waals surface area contributed by atoms with Gasteiger partial charge in [-0.05, 0) is 0 Å². The summed E-state index contributed by atoms with van der Waals surface area (Å²) in [7, 11) is 0. The normalized spacial score (nSPS) is 13.3. The summed E-state index contributed by atoms with van der Waals surface area (Å²) >= 11 is 8.38. The van der Waals surface area contributed by atoms with Crippen LogP contribution in [0.15, 0.2) is 0 Å². The molecule has 10 heavy (non-hydrogen) atoms. The van der Waals surface area contributed by atoms with Crippen molar-refractivity contribution in [3.63, 3.8) is 0 Å². The Bertz CT molecular complexity index is 152. The molecule has 0 aromatic rings. The van der Waals surface area contributed by atoms with E-state index in [1.165, 1.54) is 0 Å². The van der Waals surface area contributed by atoms with Crippen LogP contribution in [-0.2, 0) is 4.79 Å². The van der Waals surface area contributed by atoms with Gasteiger partial charge >= 0.3 is 16.5 Å². The highest BCUT2D eigenvalue weighted by atomic mass is 35.5. The molecule has 0 heterocycles. The van der Waals surface area contributed by atoms with Gasteiger partial charge in [0, 0.05) is 0 Å². The largest absolute Gasteiger partial charge is 0.477 e. The maximum Gasteiger partial charge on any atom is 0.403 e. The van der Waals surface area contributed by atoms with E-state index in [0.29, 0.717) is 0 Å². The number of alkyl halides is 5. The number of rotatable bonds is 2. The van der Waals surface area contributed by atoms with E-state index in [1.54, 1.807) is 0 Å². The van der Waals surface area contributed by atoms with Crippen molar-refractivity contribution in [1.82, 2.24) is 0 Å². The summed E-state index contributed by atoms with van der Waals surface area (Å²) in [4.78, 5) is 9.51. The molecule has 1 N–H and O–H groups in total. The van der Waals surface area contributed by atoms with Gasteiger partial charge < -0.3 is 5.11 Å². The second-order valence-corrected chi connectivity index (χ2v) is 2.61. The van der Waals surface area contributed by atoms with E-state index < -0.39 is 16.5 Å². The molecule has 0 saturated carbocycles. The maximum absolute atomic E-state index is 11.8. The number of halogens is 5. The lowest BCUT2D eigenvalue weighted by molar-refractivity contribution is -0.172. The monoisotopic (exact) mass is 196 g/mol. The Morgan fingerprint density at radius 2 is 1.60 bits per heavy atom. The second-order valence-electron chi connectivity index (χ2n) is 1.38. The lowest BCUT2D eigenvalue weighted by Gasteiger charge is -2.16. The van der Waals surface area contributed by atoms with E-state index >= 15 is 0 Å². The number of carboxylic acids is 1. The lowest BCUT2D eigenvalue weighted by atomic mass is 10.4. The molecule has 60 valence electrons. The van der Waals surface area contributed by atoms with Crippen molar-refractivity contribution in [2.75, 3.05) is 0 Å². The van der Waals surface area contributed by atoms with E-state index in [1.807, 2.05) is 0 Å². The average Bonchev–Trinajstić information content (AvgIpc) is 1.62. The topological polar surface area (TPSA) is 37.3 Å². The van der Waals surface area contributed by atoms with E-state index in [0.717, 1.165) is 0 Å². The summed E-state index contributed by atoms with van der Waals surface area (Å²) in [6.07, 6.45) is 0. The van der Waals surface area contributed by atoms with Gasteiger partial charge in [-0.3, -0.25) is 0 Å². The van der Waals surface area contributed by atoms with Crippen molar-refractivity contribution < 1.29 is 23.1 Å². The number of hydrogen-bond donors (Lipinski definition) is 1. The van der Waals surface area contributed by atoms with Crippen LogP contribution in [0.2, 0.25) is 0 Å². The van der Waals surface area contributed by atoms with Crippen LogP contribution >= 0.6 is 23.2 Å². The molecule has 0 bridgehead atoms. The Kier molecular flexibility index (Phi) is 2.43. The van der Waals surface area contributed by atoms with Gasteiger partial charge in [0.2, 0.25) is 0 Å². The number of hydrogen-bond acceptors (Lipinski definition) is 1. The van der Waals surface area contributed by atoms with E-state index in [-0.39, 0.29) is 0 Å². The summed E-state index contributed by atoms with van der Waals surface area (Å²) < 4.78 is 31.4. The van der Waals surface area contributed by atoms with Gasteiger partial charge in [-0.15, -0.1) is 0 Å². The van der Waals surface area contributed by atoms with Crippen LogP contribution in [0.25, 0.3) is 0 Å². The Balaban J connectivity index is 4.57. The van der Waals surface area contributed by atoms with Crippen LogP contribution in [0.1, 0.15) is 0 Å². The third-order valence-electron chi connectivity index (χ3n) is 0.625. The fourth-order valence-corrected chi connectivity index (χ4v) is 0.283.